The van der Waals surface area contributed by atoms with E-state index in [4.69, 9.17) is 23.2 Å². The molecule has 0 aliphatic heterocycles. The number of hydrogen-bond donors (Lipinski definition) is 0. The van der Waals surface area contributed by atoms with Crippen molar-refractivity contribution in [2.75, 3.05) is 0 Å². The minimum atomic E-state index is -1.56. The fraction of sp³-hybridized carbons (Fsp3) is 0.364. The fourth-order valence-corrected chi connectivity index (χ4v) is 7.55. The lowest BCUT2D eigenvalue weighted by atomic mass is 10.0. The van der Waals surface area contributed by atoms with Crippen LogP contribution in [0.4, 0.5) is 0 Å². The first-order valence-corrected chi connectivity index (χ1v) is 11.4. The van der Waals surface area contributed by atoms with Crippen LogP contribution in [0.25, 0.3) is 0 Å². The highest BCUT2D eigenvalue weighted by atomic mass is 35.5. The first-order valence-electron chi connectivity index (χ1n) is 9.21. The van der Waals surface area contributed by atoms with Crippen molar-refractivity contribution < 1.29 is 9.59 Å². The number of benzene rings is 2. The second-order valence-electron chi connectivity index (χ2n) is 7.29. The second-order valence-corrected chi connectivity index (χ2v) is 10.4. The van der Waals surface area contributed by atoms with Gasteiger partial charge in [-0.25, -0.2) is 0 Å². The highest BCUT2D eigenvalue weighted by molar-refractivity contribution is 7.90. The molecule has 0 bridgehead atoms. The van der Waals surface area contributed by atoms with E-state index in [1.807, 2.05) is 32.9 Å². The summed E-state index contributed by atoms with van der Waals surface area (Å²) in [5, 5.41) is 0.645. The molecule has 0 amide bonds. The summed E-state index contributed by atoms with van der Waals surface area (Å²) >= 11 is 12.6. The van der Waals surface area contributed by atoms with Crippen molar-refractivity contribution in [3.8, 4) is 0 Å². The summed E-state index contributed by atoms with van der Waals surface area (Å²) in [6.45, 7) is 5.91. The summed E-state index contributed by atoms with van der Waals surface area (Å²) in [4.78, 5) is 27.2. The van der Waals surface area contributed by atoms with Gasteiger partial charge in [0.2, 0.25) is 0 Å². The standard InChI is InChI=1S/C22H23Cl2O2P/c1-13-11-14(2)19(15(3)12-13)21(25)27(16-7-4-5-8-16)22(26)20-17(23)9-6-10-18(20)24/h6,9-12,16H,4-5,7-8H2,1-3H3. The molecule has 1 atom stereocenters. The number of carbonyl (C=O) groups excluding carboxylic acids is 2. The van der Waals surface area contributed by atoms with E-state index in [0.717, 1.165) is 42.4 Å². The molecule has 0 heterocycles. The number of rotatable bonds is 5. The SMILES string of the molecule is Cc1cc(C)c(C(=O)P(C(=O)c2c(Cl)cccc2Cl)C2CCCC2)c(C)c1. The lowest BCUT2D eigenvalue weighted by Crippen LogP contribution is -2.17. The van der Waals surface area contributed by atoms with E-state index in [9.17, 15) is 9.59 Å². The molecule has 2 aromatic rings. The van der Waals surface area contributed by atoms with Crippen molar-refractivity contribution in [1.82, 2.24) is 0 Å². The van der Waals surface area contributed by atoms with Crippen molar-refractivity contribution in [3.63, 3.8) is 0 Å². The molecule has 1 unspecified atom stereocenters. The van der Waals surface area contributed by atoms with Crippen LogP contribution in [0.2, 0.25) is 10.0 Å². The second kappa shape index (κ2) is 8.43. The molecule has 0 radical (unpaired) electrons. The lowest BCUT2D eigenvalue weighted by Gasteiger charge is -2.24. The Hall–Kier alpha value is -1.21. The summed E-state index contributed by atoms with van der Waals surface area (Å²) in [6, 6.07) is 9.06. The van der Waals surface area contributed by atoms with E-state index in [2.05, 4.69) is 0 Å². The van der Waals surface area contributed by atoms with Gasteiger partial charge in [0.05, 0.1) is 15.6 Å². The minimum Gasteiger partial charge on any atom is -0.289 e. The summed E-state index contributed by atoms with van der Waals surface area (Å²) in [6.07, 6.45) is 3.95. The topological polar surface area (TPSA) is 34.1 Å². The predicted octanol–water partition coefficient (Wildman–Crippen LogP) is 7.32. The van der Waals surface area contributed by atoms with Crippen LogP contribution in [0.1, 0.15) is 63.1 Å². The maximum atomic E-state index is 13.6. The Kier molecular flexibility index (Phi) is 6.41. The Morgan fingerprint density at radius 1 is 0.889 bits per heavy atom. The molecule has 3 rings (SSSR count). The van der Waals surface area contributed by atoms with Gasteiger partial charge < -0.3 is 0 Å². The van der Waals surface area contributed by atoms with Crippen molar-refractivity contribution >= 4 is 42.2 Å². The maximum Gasteiger partial charge on any atom is 0.195 e. The average Bonchev–Trinajstić information content (AvgIpc) is 3.08. The zero-order valence-electron chi connectivity index (χ0n) is 15.8. The Bertz CT molecular complexity index is 858. The van der Waals surface area contributed by atoms with Gasteiger partial charge in [-0.2, -0.15) is 0 Å². The monoisotopic (exact) mass is 420 g/mol. The van der Waals surface area contributed by atoms with E-state index in [-0.39, 0.29) is 16.7 Å². The largest absolute Gasteiger partial charge is 0.289 e. The van der Waals surface area contributed by atoms with Crippen molar-refractivity contribution in [2.45, 2.75) is 52.1 Å². The molecule has 5 heteroatoms. The van der Waals surface area contributed by atoms with Gasteiger partial charge in [-0.3, -0.25) is 9.59 Å². The molecule has 27 heavy (non-hydrogen) atoms. The van der Waals surface area contributed by atoms with Crippen LogP contribution in [0.15, 0.2) is 30.3 Å². The molecule has 0 spiro atoms. The van der Waals surface area contributed by atoms with E-state index < -0.39 is 7.92 Å². The molecular weight excluding hydrogens is 398 g/mol. The smallest absolute Gasteiger partial charge is 0.195 e. The molecule has 0 aromatic heterocycles. The normalized spacial score (nSPS) is 15.7. The van der Waals surface area contributed by atoms with Crippen molar-refractivity contribution in [1.29, 1.82) is 0 Å². The van der Waals surface area contributed by atoms with E-state index in [1.54, 1.807) is 18.2 Å². The summed E-state index contributed by atoms with van der Waals surface area (Å²) in [7, 11) is -1.56. The molecule has 1 saturated carbocycles. The molecule has 142 valence electrons. The van der Waals surface area contributed by atoms with Crippen LogP contribution >= 0.6 is 31.1 Å². The third-order valence-electron chi connectivity index (χ3n) is 5.19. The predicted molar refractivity (Wildman–Crippen MR) is 115 cm³/mol. The van der Waals surface area contributed by atoms with E-state index in [1.165, 1.54) is 0 Å². The first-order chi connectivity index (χ1) is 12.8. The van der Waals surface area contributed by atoms with Crippen LogP contribution in [-0.4, -0.2) is 16.7 Å². The van der Waals surface area contributed by atoms with Gasteiger partial charge in [0.1, 0.15) is 0 Å². The quantitative estimate of drug-likeness (QED) is 0.474. The van der Waals surface area contributed by atoms with Gasteiger partial charge in [-0.15, -0.1) is 0 Å². The highest BCUT2D eigenvalue weighted by Gasteiger charge is 2.39. The zero-order chi connectivity index (χ0) is 19.7. The summed E-state index contributed by atoms with van der Waals surface area (Å²) < 4.78 is 0. The van der Waals surface area contributed by atoms with Crippen LogP contribution in [-0.2, 0) is 0 Å². The number of hydrogen-bond acceptors (Lipinski definition) is 2. The first kappa shape index (κ1) is 20.5. The molecule has 1 aliphatic rings. The van der Waals surface area contributed by atoms with Gasteiger partial charge >= 0.3 is 0 Å². The third-order valence-corrected chi connectivity index (χ3v) is 8.39. The van der Waals surface area contributed by atoms with Crippen molar-refractivity contribution in [3.05, 3.63) is 68.2 Å². The number of halogens is 2. The molecular formula is C22H23Cl2O2P. The Morgan fingerprint density at radius 2 is 1.37 bits per heavy atom. The van der Waals surface area contributed by atoms with Crippen LogP contribution in [0.5, 0.6) is 0 Å². The number of aryl methyl sites for hydroxylation is 3. The molecule has 2 nitrogen and oxygen atoms in total. The molecule has 1 fully saturated rings. The molecule has 2 aromatic carbocycles. The van der Waals surface area contributed by atoms with Crippen molar-refractivity contribution in [2.24, 2.45) is 0 Å². The lowest BCUT2D eigenvalue weighted by molar-refractivity contribution is 0.105. The molecule has 0 N–H and O–H groups in total. The Morgan fingerprint density at radius 3 is 1.89 bits per heavy atom. The van der Waals surface area contributed by atoms with Crippen LogP contribution in [0, 0.1) is 20.8 Å². The van der Waals surface area contributed by atoms with E-state index in [0.29, 0.717) is 21.2 Å². The highest BCUT2D eigenvalue weighted by Crippen LogP contribution is 2.55. The Balaban J connectivity index is 2.10. The molecule has 1 aliphatic carbocycles. The molecule has 0 saturated heterocycles. The van der Waals surface area contributed by atoms with E-state index >= 15 is 0 Å². The van der Waals surface area contributed by atoms with Crippen LogP contribution < -0.4 is 0 Å². The fourth-order valence-electron chi connectivity index (χ4n) is 4.05. The van der Waals surface area contributed by atoms with Crippen LogP contribution in [0.3, 0.4) is 0 Å². The zero-order valence-corrected chi connectivity index (χ0v) is 18.2. The Labute approximate surface area is 172 Å². The third kappa shape index (κ3) is 4.14. The van der Waals surface area contributed by atoms with Gasteiger partial charge in [-0.1, -0.05) is 59.8 Å². The maximum absolute atomic E-state index is 13.6. The van der Waals surface area contributed by atoms with Gasteiger partial charge in [-0.05, 0) is 62.5 Å². The minimum absolute atomic E-state index is 0.0344. The average molecular weight is 421 g/mol. The summed E-state index contributed by atoms with van der Waals surface area (Å²) in [5.41, 5.74) is 3.86. The van der Waals surface area contributed by atoms with Gasteiger partial charge in [0.15, 0.2) is 11.0 Å². The summed E-state index contributed by atoms with van der Waals surface area (Å²) in [5.74, 6) is 0. The van der Waals surface area contributed by atoms with Gasteiger partial charge in [0, 0.05) is 13.5 Å². The van der Waals surface area contributed by atoms with Gasteiger partial charge in [0.25, 0.3) is 0 Å². The number of carbonyl (C=O) groups is 2.